The van der Waals surface area contributed by atoms with Gasteiger partial charge in [0.2, 0.25) is 0 Å². The van der Waals surface area contributed by atoms with Gasteiger partial charge in [0, 0.05) is 35.3 Å². The number of thiazole rings is 1. The number of anilines is 1. The molecule has 0 radical (unpaired) electrons. The maximum atomic E-state index is 12.2. The first kappa shape index (κ1) is 15.4. The Bertz CT molecular complexity index is 1080. The van der Waals surface area contributed by atoms with Crippen molar-refractivity contribution in [2.24, 2.45) is 7.05 Å². The largest absolute Gasteiger partial charge is 0.334 e. The van der Waals surface area contributed by atoms with E-state index in [4.69, 9.17) is 0 Å². The molecule has 1 amide bonds. The molecule has 0 unspecified atom stereocenters. The summed E-state index contributed by atoms with van der Waals surface area (Å²) in [6.45, 7) is 1.85. The zero-order valence-corrected chi connectivity index (χ0v) is 14.4. The van der Waals surface area contributed by atoms with Gasteiger partial charge in [-0.25, -0.2) is 15.0 Å². The third-order valence-electron chi connectivity index (χ3n) is 3.73. The van der Waals surface area contributed by atoms with Crippen molar-refractivity contribution in [3.05, 3.63) is 53.1 Å². The van der Waals surface area contributed by atoms with Gasteiger partial charge in [-0.15, -0.1) is 11.3 Å². The zero-order valence-electron chi connectivity index (χ0n) is 13.6. The molecule has 0 aliphatic carbocycles. The number of pyridine rings is 2. The van der Waals surface area contributed by atoms with Gasteiger partial charge in [0.1, 0.15) is 5.82 Å². The summed E-state index contributed by atoms with van der Waals surface area (Å²) < 4.78 is 1.93. The number of carbonyl (C=O) groups is 1. The number of imidazole rings is 1. The molecule has 0 spiro atoms. The predicted molar refractivity (Wildman–Crippen MR) is 96.5 cm³/mol. The number of aryl methyl sites for hydroxylation is 2. The Morgan fingerprint density at radius 2 is 2.08 bits per heavy atom. The van der Waals surface area contributed by atoms with Crippen LogP contribution in [0.1, 0.15) is 15.5 Å². The highest BCUT2D eigenvalue weighted by atomic mass is 32.1. The molecule has 0 aromatic carbocycles. The molecule has 0 aliphatic heterocycles. The van der Waals surface area contributed by atoms with E-state index in [0.717, 1.165) is 27.9 Å². The van der Waals surface area contributed by atoms with E-state index in [9.17, 15) is 4.79 Å². The lowest BCUT2D eigenvalue weighted by atomic mass is 10.1. The molecule has 4 aromatic heterocycles. The molecule has 4 heterocycles. The fraction of sp³-hybridized carbons (Fsp3) is 0.118. The number of amides is 1. The van der Waals surface area contributed by atoms with Crippen LogP contribution < -0.4 is 5.32 Å². The summed E-state index contributed by atoms with van der Waals surface area (Å²) in [6.07, 6.45) is 6.97. The minimum atomic E-state index is -0.263. The lowest BCUT2D eigenvalue weighted by Crippen LogP contribution is -2.12. The summed E-state index contributed by atoms with van der Waals surface area (Å²) in [6, 6.07) is 3.81. The number of nitrogens with zero attached hydrogens (tertiary/aromatic N) is 5. The van der Waals surface area contributed by atoms with E-state index < -0.39 is 0 Å². The van der Waals surface area contributed by atoms with Gasteiger partial charge in [0.15, 0.2) is 5.01 Å². The van der Waals surface area contributed by atoms with E-state index in [-0.39, 0.29) is 5.91 Å². The summed E-state index contributed by atoms with van der Waals surface area (Å²) in [5.74, 6) is 0.204. The first-order chi connectivity index (χ1) is 12.1. The summed E-state index contributed by atoms with van der Waals surface area (Å²) >= 11 is 1.31. The van der Waals surface area contributed by atoms with Crippen LogP contribution in [0, 0.1) is 6.92 Å². The molecule has 7 nitrogen and oxygen atoms in total. The minimum absolute atomic E-state index is 0.263. The van der Waals surface area contributed by atoms with Gasteiger partial charge in [0.05, 0.1) is 29.9 Å². The number of hydrogen-bond acceptors (Lipinski definition) is 6. The molecule has 124 valence electrons. The molecule has 1 N–H and O–H groups in total. The summed E-state index contributed by atoms with van der Waals surface area (Å²) in [4.78, 5) is 29.2. The number of hydrogen-bond donors (Lipinski definition) is 1. The van der Waals surface area contributed by atoms with Crippen LogP contribution >= 0.6 is 11.3 Å². The van der Waals surface area contributed by atoms with Gasteiger partial charge >= 0.3 is 0 Å². The molecular weight excluding hydrogens is 336 g/mol. The molecular formula is C17H14N6OS. The Balaban J connectivity index is 1.67. The second-order valence-corrected chi connectivity index (χ2v) is 6.48. The third kappa shape index (κ3) is 2.99. The SMILES string of the molecule is Cc1csc(C(=O)Nc2cc3cc(-c4cncn4C)cnc3cn2)n1. The highest BCUT2D eigenvalue weighted by Gasteiger charge is 2.12. The van der Waals surface area contributed by atoms with Crippen molar-refractivity contribution >= 4 is 34.0 Å². The van der Waals surface area contributed by atoms with Gasteiger partial charge in [-0.05, 0) is 19.1 Å². The van der Waals surface area contributed by atoms with E-state index >= 15 is 0 Å². The average molecular weight is 350 g/mol. The number of rotatable bonds is 3. The Labute approximate surface area is 147 Å². The van der Waals surface area contributed by atoms with Crippen molar-refractivity contribution in [1.82, 2.24) is 24.5 Å². The number of nitrogens with one attached hydrogen (secondary N) is 1. The Kier molecular flexibility index (Phi) is 3.73. The van der Waals surface area contributed by atoms with Gasteiger partial charge in [0.25, 0.3) is 5.91 Å². The van der Waals surface area contributed by atoms with Gasteiger partial charge in [-0.2, -0.15) is 0 Å². The second-order valence-electron chi connectivity index (χ2n) is 5.62. The van der Waals surface area contributed by atoms with Crippen molar-refractivity contribution in [1.29, 1.82) is 0 Å². The van der Waals surface area contributed by atoms with Crippen LogP contribution in [0.15, 0.2) is 42.4 Å². The third-order valence-corrected chi connectivity index (χ3v) is 4.69. The van der Waals surface area contributed by atoms with Crippen LogP contribution in [0.4, 0.5) is 5.82 Å². The van der Waals surface area contributed by atoms with Crippen LogP contribution in [0.5, 0.6) is 0 Å². The van der Waals surface area contributed by atoms with E-state index in [1.54, 1.807) is 31.0 Å². The molecule has 25 heavy (non-hydrogen) atoms. The zero-order chi connectivity index (χ0) is 17.4. The molecule has 0 bridgehead atoms. The summed E-state index contributed by atoms with van der Waals surface area (Å²) in [7, 11) is 1.93. The smallest absolute Gasteiger partial charge is 0.285 e. The van der Waals surface area contributed by atoms with Crippen LogP contribution in [-0.4, -0.2) is 30.4 Å². The van der Waals surface area contributed by atoms with Crippen molar-refractivity contribution in [3.8, 4) is 11.3 Å². The molecule has 0 fully saturated rings. The minimum Gasteiger partial charge on any atom is -0.334 e. The Morgan fingerprint density at radius 1 is 1.20 bits per heavy atom. The van der Waals surface area contributed by atoms with Crippen LogP contribution in [-0.2, 0) is 7.05 Å². The number of fused-ring (bicyclic) bond motifs is 1. The van der Waals surface area contributed by atoms with E-state index in [1.165, 1.54) is 11.3 Å². The average Bonchev–Trinajstić information content (AvgIpc) is 3.22. The van der Waals surface area contributed by atoms with E-state index in [2.05, 4.69) is 25.3 Å². The van der Waals surface area contributed by atoms with Crippen molar-refractivity contribution in [2.75, 3.05) is 5.32 Å². The maximum absolute atomic E-state index is 12.2. The molecule has 0 saturated carbocycles. The quantitative estimate of drug-likeness (QED) is 0.614. The lowest BCUT2D eigenvalue weighted by molar-refractivity contribution is 0.102. The molecule has 0 aliphatic rings. The highest BCUT2D eigenvalue weighted by molar-refractivity contribution is 7.11. The molecule has 8 heteroatoms. The van der Waals surface area contributed by atoms with Crippen LogP contribution in [0.25, 0.3) is 22.2 Å². The normalized spacial score (nSPS) is 11.0. The number of aromatic nitrogens is 5. The molecule has 0 saturated heterocycles. The Hall–Kier alpha value is -3.13. The predicted octanol–water partition coefficient (Wildman–Crippen LogP) is 3.05. The monoisotopic (exact) mass is 350 g/mol. The molecule has 4 aromatic rings. The van der Waals surface area contributed by atoms with Crippen molar-refractivity contribution < 1.29 is 4.79 Å². The van der Waals surface area contributed by atoms with Crippen molar-refractivity contribution in [2.45, 2.75) is 6.92 Å². The topological polar surface area (TPSA) is 85.6 Å². The van der Waals surface area contributed by atoms with Gasteiger partial charge in [-0.3, -0.25) is 9.78 Å². The second kappa shape index (κ2) is 6.06. The van der Waals surface area contributed by atoms with E-state index in [1.807, 2.05) is 30.0 Å². The van der Waals surface area contributed by atoms with E-state index in [0.29, 0.717) is 10.8 Å². The standard InChI is InChI=1S/C17H14N6OS/c1-10-8-25-17(21-10)16(24)22-15-4-11-3-12(5-19-13(11)6-20-15)14-7-18-9-23(14)2/h3-9H,1-2H3,(H,20,22,24). The first-order valence-electron chi connectivity index (χ1n) is 7.56. The van der Waals surface area contributed by atoms with Crippen molar-refractivity contribution in [3.63, 3.8) is 0 Å². The van der Waals surface area contributed by atoms with Crippen LogP contribution in [0.2, 0.25) is 0 Å². The van der Waals surface area contributed by atoms with Gasteiger partial charge < -0.3 is 9.88 Å². The van der Waals surface area contributed by atoms with Crippen LogP contribution in [0.3, 0.4) is 0 Å². The lowest BCUT2D eigenvalue weighted by Gasteiger charge is -2.06. The molecule has 0 atom stereocenters. The number of carbonyl (C=O) groups excluding carboxylic acids is 1. The first-order valence-corrected chi connectivity index (χ1v) is 8.44. The van der Waals surface area contributed by atoms with Gasteiger partial charge in [-0.1, -0.05) is 0 Å². The fourth-order valence-electron chi connectivity index (χ4n) is 2.50. The summed E-state index contributed by atoms with van der Waals surface area (Å²) in [5, 5.41) is 5.93. The molecule has 4 rings (SSSR count). The summed E-state index contributed by atoms with van der Waals surface area (Å²) in [5.41, 5.74) is 3.50. The highest BCUT2D eigenvalue weighted by Crippen LogP contribution is 2.23. The maximum Gasteiger partial charge on any atom is 0.285 e. The fourth-order valence-corrected chi connectivity index (χ4v) is 3.19. The Morgan fingerprint density at radius 3 is 2.80 bits per heavy atom.